The van der Waals surface area contributed by atoms with Gasteiger partial charge in [0.15, 0.2) is 0 Å². The summed E-state index contributed by atoms with van der Waals surface area (Å²) in [4.78, 5) is 10.9. The van der Waals surface area contributed by atoms with Crippen LogP contribution in [0.2, 0.25) is 0 Å². The number of amides is 1. The summed E-state index contributed by atoms with van der Waals surface area (Å²) in [6.45, 7) is 0. The van der Waals surface area contributed by atoms with Gasteiger partial charge in [0.2, 0.25) is 5.91 Å². The summed E-state index contributed by atoms with van der Waals surface area (Å²) in [7, 11) is 0. The molecule has 0 aliphatic rings. The normalized spacial score (nSPS) is 8.92. The number of rotatable bonds is 2. The maximum Gasteiger partial charge on any atom is 0.234 e. The first-order valence-corrected chi connectivity index (χ1v) is 4.37. The van der Waals surface area contributed by atoms with Crippen LogP contribution in [0.1, 0.15) is 5.56 Å². The van der Waals surface area contributed by atoms with Crippen molar-refractivity contribution >= 4 is 24.2 Å². The minimum absolute atomic E-state index is 0.141. The highest BCUT2D eigenvalue weighted by Crippen LogP contribution is 2.09. The predicted octanol–water partition coefficient (Wildman–Crippen LogP) is 1.54. The van der Waals surface area contributed by atoms with E-state index in [4.69, 9.17) is 6.42 Å². The van der Waals surface area contributed by atoms with Gasteiger partial charge in [0, 0.05) is 11.3 Å². The highest BCUT2D eigenvalue weighted by atomic mass is 32.1. The monoisotopic (exact) mass is 191 g/mol. The van der Waals surface area contributed by atoms with E-state index < -0.39 is 0 Å². The van der Waals surface area contributed by atoms with Crippen molar-refractivity contribution in [2.24, 2.45) is 0 Å². The molecule has 1 N–H and O–H groups in total. The summed E-state index contributed by atoms with van der Waals surface area (Å²) < 4.78 is 0. The number of thiol groups is 1. The molecule has 1 amide bonds. The molecule has 0 aliphatic heterocycles. The van der Waals surface area contributed by atoms with Crippen molar-refractivity contribution in [1.82, 2.24) is 0 Å². The molecule has 0 saturated heterocycles. The second kappa shape index (κ2) is 4.58. The van der Waals surface area contributed by atoms with Crippen LogP contribution in [-0.4, -0.2) is 11.7 Å². The molecule has 1 aromatic carbocycles. The van der Waals surface area contributed by atoms with Crippen LogP contribution in [0.3, 0.4) is 0 Å². The summed E-state index contributed by atoms with van der Waals surface area (Å²) in [5.41, 5.74) is 1.45. The maximum absolute atomic E-state index is 10.9. The fourth-order valence-corrected chi connectivity index (χ4v) is 0.966. The summed E-state index contributed by atoms with van der Waals surface area (Å²) in [6, 6.07) is 7.11. The van der Waals surface area contributed by atoms with E-state index in [9.17, 15) is 4.79 Å². The number of carbonyl (C=O) groups is 1. The minimum Gasteiger partial charge on any atom is -0.325 e. The Balaban J connectivity index is 2.79. The topological polar surface area (TPSA) is 29.1 Å². The lowest BCUT2D eigenvalue weighted by Gasteiger charge is -2.02. The van der Waals surface area contributed by atoms with Gasteiger partial charge >= 0.3 is 0 Å². The van der Waals surface area contributed by atoms with Gasteiger partial charge in [-0.2, -0.15) is 12.6 Å². The molecule has 0 radical (unpaired) electrons. The molecule has 0 saturated carbocycles. The van der Waals surface area contributed by atoms with E-state index in [1.807, 2.05) is 0 Å². The lowest BCUT2D eigenvalue weighted by atomic mass is 10.2. The smallest absolute Gasteiger partial charge is 0.234 e. The highest BCUT2D eigenvalue weighted by Gasteiger charge is 1.98. The zero-order chi connectivity index (χ0) is 9.68. The van der Waals surface area contributed by atoms with Crippen molar-refractivity contribution < 1.29 is 4.79 Å². The number of anilines is 1. The summed E-state index contributed by atoms with van der Waals surface area (Å²) in [6.07, 6.45) is 5.20. The van der Waals surface area contributed by atoms with Crippen molar-refractivity contribution in [1.29, 1.82) is 0 Å². The van der Waals surface area contributed by atoms with Gasteiger partial charge in [-0.25, -0.2) is 0 Å². The van der Waals surface area contributed by atoms with Crippen molar-refractivity contribution in [3.05, 3.63) is 29.8 Å². The Morgan fingerprint density at radius 1 is 1.62 bits per heavy atom. The molecule has 0 unspecified atom stereocenters. The summed E-state index contributed by atoms with van der Waals surface area (Å²) in [5.74, 6) is 2.51. The number of carbonyl (C=O) groups excluding carboxylic acids is 1. The molecule has 0 atom stereocenters. The SMILES string of the molecule is C#Cc1cccc(NC(=O)CS)c1. The average molecular weight is 191 g/mol. The molecule has 0 aromatic heterocycles. The Kier molecular flexibility index (Phi) is 3.41. The van der Waals surface area contributed by atoms with Crippen LogP contribution in [-0.2, 0) is 4.79 Å². The molecule has 66 valence electrons. The fraction of sp³-hybridized carbons (Fsp3) is 0.100. The minimum atomic E-state index is -0.141. The fourth-order valence-electron chi connectivity index (χ4n) is 0.887. The molecule has 0 bridgehead atoms. The Morgan fingerprint density at radius 3 is 3.00 bits per heavy atom. The maximum atomic E-state index is 10.9. The zero-order valence-corrected chi connectivity index (χ0v) is 7.84. The third-order valence-corrected chi connectivity index (χ3v) is 1.74. The number of terminal acetylenes is 1. The molecular formula is C10H9NOS. The number of nitrogens with one attached hydrogen (secondary N) is 1. The van der Waals surface area contributed by atoms with Crippen molar-refractivity contribution in [2.75, 3.05) is 11.1 Å². The summed E-state index contributed by atoms with van der Waals surface area (Å²) >= 11 is 3.84. The van der Waals surface area contributed by atoms with Gasteiger partial charge in [-0.1, -0.05) is 12.0 Å². The average Bonchev–Trinajstić information content (AvgIpc) is 2.18. The van der Waals surface area contributed by atoms with E-state index >= 15 is 0 Å². The largest absolute Gasteiger partial charge is 0.325 e. The summed E-state index contributed by atoms with van der Waals surface area (Å²) in [5, 5.41) is 2.66. The van der Waals surface area contributed by atoms with Gasteiger partial charge in [0.05, 0.1) is 5.75 Å². The van der Waals surface area contributed by atoms with Gasteiger partial charge < -0.3 is 5.32 Å². The van der Waals surface area contributed by atoms with Crippen LogP contribution in [0.15, 0.2) is 24.3 Å². The van der Waals surface area contributed by atoms with E-state index in [2.05, 4.69) is 23.9 Å². The van der Waals surface area contributed by atoms with Crippen molar-refractivity contribution in [2.45, 2.75) is 0 Å². The molecule has 0 aliphatic carbocycles. The molecule has 3 heteroatoms. The van der Waals surface area contributed by atoms with E-state index in [0.717, 1.165) is 5.56 Å². The van der Waals surface area contributed by atoms with Gasteiger partial charge in [-0.05, 0) is 18.2 Å². The van der Waals surface area contributed by atoms with Gasteiger partial charge in [0.25, 0.3) is 0 Å². The Morgan fingerprint density at radius 2 is 2.38 bits per heavy atom. The van der Waals surface area contributed by atoms with Crippen LogP contribution in [0.25, 0.3) is 0 Å². The standard InChI is InChI=1S/C10H9NOS/c1-2-8-4-3-5-9(6-8)11-10(12)7-13/h1,3-6,13H,7H2,(H,11,12). The van der Waals surface area contributed by atoms with E-state index in [0.29, 0.717) is 5.69 Å². The second-order valence-electron chi connectivity index (χ2n) is 2.43. The number of hydrogen-bond donors (Lipinski definition) is 2. The van der Waals surface area contributed by atoms with E-state index in [1.165, 1.54) is 0 Å². The molecule has 13 heavy (non-hydrogen) atoms. The second-order valence-corrected chi connectivity index (χ2v) is 2.75. The molecule has 0 fully saturated rings. The first-order valence-electron chi connectivity index (χ1n) is 3.73. The highest BCUT2D eigenvalue weighted by molar-refractivity contribution is 7.81. The quantitative estimate of drug-likeness (QED) is 0.539. The first kappa shape index (κ1) is 9.69. The molecule has 0 spiro atoms. The van der Waals surface area contributed by atoms with Crippen LogP contribution in [0.5, 0.6) is 0 Å². The number of hydrogen-bond acceptors (Lipinski definition) is 2. The Labute approximate surface area is 82.8 Å². The van der Waals surface area contributed by atoms with Gasteiger partial charge in [-0.3, -0.25) is 4.79 Å². The third-order valence-electron chi connectivity index (χ3n) is 1.46. The molecule has 1 aromatic rings. The van der Waals surface area contributed by atoms with E-state index in [-0.39, 0.29) is 11.7 Å². The van der Waals surface area contributed by atoms with Crippen LogP contribution >= 0.6 is 12.6 Å². The number of benzene rings is 1. The Hall–Kier alpha value is -1.40. The van der Waals surface area contributed by atoms with Crippen molar-refractivity contribution in [3.8, 4) is 12.3 Å². The molecule has 2 nitrogen and oxygen atoms in total. The van der Waals surface area contributed by atoms with Crippen LogP contribution < -0.4 is 5.32 Å². The first-order chi connectivity index (χ1) is 6.26. The Bertz CT molecular complexity index is 354. The van der Waals surface area contributed by atoms with Crippen LogP contribution in [0, 0.1) is 12.3 Å². The third kappa shape index (κ3) is 2.85. The van der Waals surface area contributed by atoms with Crippen LogP contribution in [0.4, 0.5) is 5.69 Å². The predicted molar refractivity (Wildman–Crippen MR) is 56.9 cm³/mol. The zero-order valence-electron chi connectivity index (χ0n) is 6.95. The van der Waals surface area contributed by atoms with Gasteiger partial charge in [0.1, 0.15) is 0 Å². The molecule has 1 rings (SSSR count). The molecular weight excluding hydrogens is 182 g/mol. The van der Waals surface area contributed by atoms with E-state index in [1.54, 1.807) is 24.3 Å². The lowest BCUT2D eigenvalue weighted by Crippen LogP contribution is -2.12. The van der Waals surface area contributed by atoms with Gasteiger partial charge in [-0.15, -0.1) is 6.42 Å². The molecule has 0 heterocycles. The lowest BCUT2D eigenvalue weighted by molar-refractivity contribution is -0.113. The van der Waals surface area contributed by atoms with Crippen molar-refractivity contribution in [3.63, 3.8) is 0 Å².